The van der Waals surface area contributed by atoms with Crippen LogP contribution in [0.15, 0.2) is 41.2 Å². The summed E-state index contributed by atoms with van der Waals surface area (Å²) in [5, 5.41) is 14.1. The van der Waals surface area contributed by atoms with E-state index in [0.717, 1.165) is 29.9 Å². The molecule has 1 saturated carbocycles. The molecule has 0 radical (unpaired) electrons. The minimum atomic E-state index is -0.178. The first kappa shape index (κ1) is 16.7. The summed E-state index contributed by atoms with van der Waals surface area (Å²) in [7, 11) is 0. The number of aliphatic hydroxyl groups is 1. The van der Waals surface area contributed by atoms with Gasteiger partial charge in [0.05, 0.1) is 24.1 Å². The predicted octanol–water partition coefficient (Wildman–Crippen LogP) is 2.32. The van der Waals surface area contributed by atoms with Crippen LogP contribution in [0.3, 0.4) is 0 Å². The normalized spacial score (nSPS) is 15.2. The number of H-pyrrole nitrogens is 1. The SMILES string of the molecule is Cc1cc(C)c(-c2nc(C3(c4ccccc4)CC3)nn2CCO)c(=O)[nH]1. The van der Waals surface area contributed by atoms with Gasteiger partial charge in [0.25, 0.3) is 5.56 Å². The van der Waals surface area contributed by atoms with Crippen molar-refractivity contribution in [2.75, 3.05) is 6.61 Å². The average Bonchev–Trinajstić information content (AvgIpc) is 3.32. The lowest BCUT2D eigenvalue weighted by Gasteiger charge is -2.11. The molecule has 0 amide bonds. The van der Waals surface area contributed by atoms with Gasteiger partial charge in [0.2, 0.25) is 0 Å². The summed E-state index contributed by atoms with van der Waals surface area (Å²) < 4.78 is 1.66. The second-order valence-electron chi connectivity index (χ2n) is 6.99. The van der Waals surface area contributed by atoms with E-state index >= 15 is 0 Å². The number of hydrogen-bond donors (Lipinski definition) is 2. The number of benzene rings is 1. The molecule has 0 bridgehead atoms. The molecule has 3 aromatic rings. The third-order valence-corrected chi connectivity index (χ3v) is 5.08. The third kappa shape index (κ3) is 2.66. The number of aromatic nitrogens is 4. The van der Waals surface area contributed by atoms with Crippen molar-refractivity contribution in [1.82, 2.24) is 19.7 Å². The molecule has 4 rings (SSSR count). The minimum absolute atomic E-state index is 0.0586. The zero-order valence-corrected chi connectivity index (χ0v) is 15.0. The lowest BCUT2D eigenvalue weighted by atomic mass is 9.95. The lowest BCUT2D eigenvalue weighted by molar-refractivity contribution is 0.269. The molecule has 0 spiro atoms. The van der Waals surface area contributed by atoms with Crippen LogP contribution in [0.4, 0.5) is 0 Å². The van der Waals surface area contributed by atoms with Gasteiger partial charge in [-0.2, -0.15) is 5.10 Å². The number of aliphatic hydroxyl groups excluding tert-OH is 1. The number of aromatic amines is 1. The molecule has 2 aromatic heterocycles. The van der Waals surface area contributed by atoms with Gasteiger partial charge in [0.1, 0.15) is 0 Å². The van der Waals surface area contributed by atoms with Gasteiger partial charge >= 0.3 is 0 Å². The molecule has 26 heavy (non-hydrogen) atoms. The number of aryl methyl sites for hydroxylation is 2. The number of rotatable bonds is 5. The molecule has 6 nitrogen and oxygen atoms in total. The maximum Gasteiger partial charge on any atom is 0.259 e. The molecule has 1 aromatic carbocycles. The van der Waals surface area contributed by atoms with Gasteiger partial charge in [-0.25, -0.2) is 9.67 Å². The molecule has 2 heterocycles. The Balaban J connectivity index is 1.87. The highest BCUT2D eigenvalue weighted by Crippen LogP contribution is 2.52. The van der Waals surface area contributed by atoms with Gasteiger partial charge < -0.3 is 10.1 Å². The van der Waals surface area contributed by atoms with Crippen molar-refractivity contribution in [1.29, 1.82) is 0 Å². The van der Waals surface area contributed by atoms with E-state index in [-0.39, 0.29) is 17.6 Å². The summed E-state index contributed by atoms with van der Waals surface area (Å²) in [4.78, 5) is 20.2. The second kappa shape index (κ2) is 6.21. The van der Waals surface area contributed by atoms with Gasteiger partial charge in [0.15, 0.2) is 11.6 Å². The lowest BCUT2D eigenvalue weighted by Crippen LogP contribution is -2.16. The topological polar surface area (TPSA) is 83.8 Å². The predicted molar refractivity (Wildman–Crippen MR) is 99.1 cm³/mol. The van der Waals surface area contributed by atoms with Crippen LogP contribution in [0.2, 0.25) is 0 Å². The maximum absolute atomic E-state index is 12.6. The van der Waals surface area contributed by atoms with Crippen LogP contribution in [0.1, 0.15) is 35.5 Å². The molecule has 1 fully saturated rings. The Hall–Kier alpha value is -2.73. The van der Waals surface area contributed by atoms with Crippen LogP contribution >= 0.6 is 0 Å². The highest BCUT2D eigenvalue weighted by Gasteiger charge is 2.49. The molecule has 0 aliphatic heterocycles. The van der Waals surface area contributed by atoms with Crippen molar-refractivity contribution >= 4 is 0 Å². The Bertz CT molecular complexity index is 1000. The van der Waals surface area contributed by atoms with Crippen molar-refractivity contribution in [3.8, 4) is 11.4 Å². The van der Waals surface area contributed by atoms with E-state index in [9.17, 15) is 9.90 Å². The molecular formula is C20H22N4O2. The number of nitrogens with one attached hydrogen (secondary N) is 1. The summed E-state index contributed by atoms with van der Waals surface area (Å²) in [6.45, 7) is 4.01. The number of nitrogens with zero attached hydrogens (tertiary/aromatic N) is 3. The zero-order valence-electron chi connectivity index (χ0n) is 15.0. The van der Waals surface area contributed by atoms with Gasteiger partial charge in [-0.05, 0) is 43.9 Å². The summed E-state index contributed by atoms with van der Waals surface area (Å²) >= 11 is 0. The first-order valence-electron chi connectivity index (χ1n) is 8.88. The van der Waals surface area contributed by atoms with Gasteiger partial charge in [-0.3, -0.25) is 4.79 Å². The first-order chi connectivity index (χ1) is 12.5. The Kier molecular flexibility index (Phi) is 4.00. The third-order valence-electron chi connectivity index (χ3n) is 5.08. The molecule has 0 saturated heterocycles. The minimum Gasteiger partial charge on any atom is -0.394 e. The standard InChI is InChI=1S/C20H22N4O2/c1-13-12-14(2)21-18(26)16(13)17-22-19(23-24(17)10-11-25)20(8-9-20)15-6-4-3-5-7-15/h3-7,12,25H,8-11H2,1-2H3,(H,21,26). The van der Waals surface area contributed by atoms with Gasteiger partial charge in [-0.15, -0.1) is 0 Å². The second-order valence-corrected chi connectivity index (χ2v) is 6.99. The van der Waals surface area contributed by atoms with Crippen LogP contribution in [0.25, 0.3) is 11.4 Å². The van der Waals surface area contributed by atoms with Crippen molar-refractivity contribution in [3.63, 3.8) is 0 Å². The largest absolute Gasteiger partial charge is 0.394 e. The van der Waals surface area contributed by atoms with Crippen LogP contribution < -0.4 is 5.56 Å². The fourth-order valence-corrected chi connectivity index (χ4v) is 3.64. The number of pyridine rings is 1. The molecule has 1 aliphatic carbocycles. The highest BCUT2D eigenvalue weighted by molar-refractivity contribution is 5.59. The molecule has 6 heteroatoms. The fourth-order valence-electron chi connectivity index (χ4n) is 3.64. The van der Waals surface area contributed by atoms with E-state index in [1.165, 1.54) is 5.56 Å². The Morgan fingerprint density at radius 1 is 1.23 bits per heavy atom. The maximum atomic E-state index is 12.6. The van der Waals surface area contributed by atoms with Crippen molar-refractivity contribution in [2.45, 2.75) is 38.6 Å². The number of hydrogen-bond acceptors (Lipinski definition) is 4. The molecule has 2 N–H and O–H groups in total. The molecule has 0 atom stereocenters. The van der Waals surface area contributed by atoms with Crippen molar-refractivity contribution in [2.24, 2.45) is 0 Å². The van der Waals surface area contributed by atoms with Crippen molar-refractivity contribution in [3.05, 3.63) is 69.4 Å². The Labute approximate surface area is 151 Å². The Morgan fingerprint density at radius 2 is 1.96 bits per heavy atom. The van der Waals surface area contributed by atoms with Crippen LogP contribution in [-0.4, -0.2) is 31.5 Å². The van der Waals surface area contributed by atoms with E-state index in [4.69, 9.17) is 4.98 Å². The quantitative estimate of drug-likeness (QED) is 0.740. The monoisotopic (exact) mass is 350 g/mol. The van der Waals surface area contributed by atoms with Gasteiger partial charge in [0, 0.05) is 5.69 Å². The summed E-state index contributed by atoms with van der Waals surface area (Å²) in [5.41, 5.74) is 3.03. The highest BCUT2D eigenvalue weighted by atomic mass is 16.3. The fraction of sp³-hybridized carbons (Fsp3) is 0.350. The average molecular weight is 350 g/mol. The molecule has 1 aliphatic rings. The van der Waals surface area contributed by atoms with Crippen LogP contribution in [0.5, 0.6) is 0 Å². The molecule has 0 unspecified atom stereocenters. The van der Waals surface area contributed by atoms with Crippen molar-refractivity contribution < 1.29 is 5.11 Å². The first-order valence-corrected chi connectivity index (χ1v) is 8.88. The van der Waals surface area contributed by atoms with Crippen LogP contribution in [-0.2, 0) is 12.0 Å². The Morgan fingerprint density at radius 3 is 2.58 bits per heavy atom. The summed E-state index contributed by atoms with van der Waals surface area (Å²) in [5.74, 6) is 1.25. The van der Waals surface area contributed by atoms with Crippen LogP contribution in [0, 0.1) is 13.8 Å². The zero-order chi connectivity index (χ0) is 18.3. The van der Waals surface area contributed by atoms with E-state index in [0.29, 0.717) is 17.9 Å². The molecular weight excluding hydrogens is 328 g/mol. The van der Waals surface area contributed by atoms with E-state index in [2.05, 4.69) is 22.2 Å². The summed E-state index contributed by atoms with van der Waals surface area (Å²) in [6, 6.07) is 12.2. The smallest absolute Gasteiger partial charge is 0.259 e. The van der Waals surface area contributed by atoms with E-state index in [1.807, 2.05) is 38.1 Å². The van der Waals surface area contributed by atoms with E-state index < -0.39 is 0 Å². The van der Waals surface area contributed by atoms with Gasteiger partial charge in [-0.1, -0.05) is 30.3 Å². The summed E-state index contributed by atoms with van der Waals surface area (Å²) in [6.07, 6.45) is 1.98. The van der Waals surface area contributed by atoms with E-state index in [1.54, 1.807) is 4.68 Å². The molecule has 134 valence electrons.